The first-order valence-corrected chi connectivity index (χ1v) is 8.94. The van der Waals surface area contributed by atoms with Crippen LogP contribution in [0.1, 0.15) is 12.6 Å². The first-order valence-electron chi connectivity index (χ1n) is 6.38. The van der Waals surface area contributed by atoms with Crippen molar-refractivity contribution in [1.29, 1.82) is 0 Å². The Bertz CT molecular complexity index is 647. The summed E-state index contributed by atoms with van der Waals surface area (Å²) in [7, 11) is 0. The molecule has 0 saturated carbocycles. The van der Waals surface area contributed by atoms with Gasteiger partial charge in [0.1, 0.15) is 5.78 Å². The molecule has 0 saturated heterocycles. The number of nitrogens with zero attached hydrogens (tertiary/aromatic N) is 3. The third-order valence-electron chi connectivity index (χ3n) is 3.00. The molecule has 2 aromatic heterocycles. The van der Waals surface area contributed by atoms with E-state index in [1.54, 1.807) is 35.0 Å². The number of Topliss-reactive ketones (excluding diaryl/α,β-unsaturated/α-hetero) is 1. The number of thioether (sulfide) groups is 1. The molecule has 21 heavy (non-hydrogen) atoms. The summed E-state index contributed by atoms with van der Waals surface area (Å²) in [6, 6.07) is 1.89. The molecule has 7 heteroatoms. The Morgan fingerprint density at radius 2 is 2.29 bits per heavy atom. The second kappa shape index (κ2) is 7.42. The summed E-state index contributed by atoms with van der Waals surface area (Å²) in [5.41, 5.74) is 1.40. The van der Waals surface area contributed by atoms with Gasteiger partial charge < -0.3 is 0 Å². The smallest absolute Gasteiger partial charge is 0.142 e. The van der Waals surface area contributed by atoms with Gasteiger partial charge in [0.05, 0.1) is 29.0 Å². The van der Waals surface area contributed by atoms with Crippen molar-refractivity contribution in [3.8, 4) is 5.69 Å². The Labute approximate surface area is 141 Å². The molecule has 0 spiro atoms. The van der Waals surface area contributed by atoms with Crippen LogP contribution < -0.4 is 0 Å². The Kier molecular flexibility index (Phi) is 5.84. The monoisotopic (exact) mass is 387 g/mol. The van der Waals surface area contributed by atoms with Crippen LogP contribution in [0.5, 0.6) is 0 Å². The standard InChI is InChI=1S/C14H15BrClN3OS/c1-9(8-21-2)14(20)4-13-12(16)7-19(18-13)11-3-10(15)5-17-6-11/h3,5-7,9H,4,8H2,1-2H3. The molecule has 0 bridgehead atoms. The number of ketones is 1. The molecule has 2 heterocycles. The minimum atomic E-state index is 0.00810. The molecule has 0 radical (unpaired) electrons. The van der Waals surface area contributed by atoms with Crippen molar-refractivity contribution >= 4 is 45.1 Å². The van der Waals surface area contributed by atoms with Crippen LogP contribution in [0.4, 0.5) is 0 Å². The van der Waals surface area contributed by atoms with Gasteiger partial charge in [0, 0.05) is 28.5 Å². The molecule has 0 fully saturated rings. The molecule has 0 aromatic carbocycles. The quantitative estimate of drug-likeness (QED) is 0.755. The number of halogens is 2. The summed E-state index contributed by atoms with van der Waals surface area (Å²) >= 11 is 11.2. The summed E-state index contributed by atoms with van der Waals surface area (Å²) in [6.07, 6.45) is 7.34. The Balaban J connectivity index is 2.18. The van der Waals surface area contributed by atoms with Gasteiger partial charge >= 0.3 is 0 Å². The maximum atomic E-state index is 12.1. The van der Waals surface area contributed by atoms with Crippen LogP contribution in [0.3, 0.4) is 0 Å². The molecule has 0 N–H and O–H groups in total. The highest BCUT2D eigenvalue weighted by molar-refractivity contribution is 9.10. The van der Waals surface area contributed by atoms with Gasteiger partial charge in [0.15, 0.2) is 0 Å². The number of rotatable bonds is 6. The third kappa shape index (κ3) is 4.31. The van der Waals surface area contributed by atoms with E-state index in [1.165, 1.54) is 0 Å². The highest BCUT2D eigenvalue weighted by Crippen LogP contribution is 2.20. The number of aromatic nitrogens is 3. The van der Waals surface area contributed by atoms with Crippen LogP contribution in [-0.2, 0) is 11.2 Å². The summed E-state index contributed by atoms with van der Waals surface area (Å²) in [5, 5.41) is 4.90. The number of pyridine rings is 1. The van der Waals surface area contributed by atoms with E-state index in [4.69, 9.17) is 11.6 Å². The molecule has 4 nitrogen and oxygen atoms in total. The van der Waals surface area contributed by atoms with E-state index >= 15 is 0 Å². The highest BCUT2D eigenvalue weighted by Gasteiger charge is 2.17. The van der Waals surface area contributed by atoms with Gasteiger partial charge in [-0.25, -0.2) is 4.68 Å². The maximum Gasteiger partial charge on any atom is 0.142 e. The van der Waals surface area contributed by atoms with E-state index in [0.717, 1.165) is 15.9 Å². The fourth-order valence-electron chi connectivity index (χ4n) is 1.85. The molecule has 0 amide bonds. The molecule has 2 rings (SSSR count). The Morgan fingerprint density at radius 3 is 2.95 bits per heavy atom. The van der Waals surface area contributed by atoms with Crippen LogP contribution in [-0.4, -0.2) is 32.6 Å². The van der Waals surface area contributed by atoms with Crippen LogP contribution in [0, 0.1) is 5.92 Å². The Hall–Kier alpha value is -0.850. The van der Waals surface area contributed by atoms with Crippen LogP contribution in [0.2, 0.25) is 5.02 Å². The number of hydrogen-bond acceptors (Lipinski definition) is 4. The molecular weight excluding hydrogens is 374 g/mol. The van der Waals surface area contributed by atoms with E-state index in [0.29, 0.717) is 10.7 Å². The molecule has 2 aromatic rings. The van der Waals surface area contributed by atoms with E-state index in [-0.39, 0.29) is 18.1 Å². The van der Waals surface area contributed by atoms with Gasteiger partial charge in [-0.3, -0.25) is 9.78 Å². The molecule has 112 valence electrons. The van der Waals surface area contributed by atoms with E-state index in [2.05, 4.69) is 26.0 Å². The predicted molar refractivity (Wildman–Crippen MR) is 90.3 cm³/mol. The van der Waals surface area contributed by atoms with Gasteiger partial charge in [-0.1, -0.05) is 18.5 Å². The minimum absolute atomic E-state index is 0.00810. The van der Waals surface area contributed by atoms with Crippen LogP contribution >= 0.6 is 39.3 Å². The van der Waals surface area contributed by atoms with E-state index in [9.17, 15) is 4.79 Å². The molecule has 0 aliphatic rings. The fraction of sp³-hybridized carbons (Fsp3) is 0.357. The van der Waals surface area contributed by atoms with Crippen LogP contribution in [0.15, 0.2) is 29.1 Å². The third-order valence-corrected chi connectivity index (χ3v) is 4.59. The van der Waals surface area contributed by atoms with Crippen molar-refractivity contribution < 1.29 is 4.79 Å². The zero-order valence-corrected chi connectivity index (χ0v) is 14.9. The van der Waals surface area contributed by atoms with Gasteiger partial charge in [-0.15, -0.1) is 0 Å². The first-order chi connectivity index (χ1) is 10.0. The lowest BCUT2D eigenvalue weighted by Crippen LogP contribution is -2.16. The molecule has 1 unspecified atom stereocenters. The van der Waals surface area contributed by atoms with Gasteiger partial charge in [-0.05, 0) is 28.3 Å². The average molecular weight is 389 g/mol. The zero-order chi connectivity index (χ0) is 15.4. The Morgan fingerprint density at radius 1 is 1.52 bits per heavy atom. The van der Waals surface area contributed by atoms with Gasteiger partial charge in [-0.2, -0.15) is 16.9 Å². The average Bonchev–Trinajstić information content (AvgIpc) is 2.80. The van der Waals surface area contributed by atoms with Crippen molar-refractivity contribution in [3.63, 3.8) is 0 Å². The number of hydrogen-bond donors (Lipinski definition) is 0. The van der Waals surface area contributed by atoms with Crippen molar-refractivity contribution in [1.82, 2.24) is 14.8 Å². The van der Waals surface area contributed by atoms with Crippen molar-refractivity contribution in [2.75, 3.05) is 12.0 Å². The molecule has 0 aliphatic heterocycles. The molecule has 0 aliphatic carbocycles. The summed E-state index contributed by atoms with van der Waals surface area (Å²) in [4.78, 5) is 16.2. The summed E-state index contributed by atoms with van der Waals surface area (Å²) < 4.78 is 2.50. The summed E-state index contributed by atoms with van der Waals surface area (Å²) in [5.74, 6) is 0.977. The van der Waals surface area contributed by atoms with Crippen molar-refractivity contribution in [2.24, 2.45) is 5.92 Å². The topological polar surface area (TPSA) is 47.8 Å². The second-order valence-corrected chi connectivity index (χ2v) is 6.96. The van der Waals surface area contributed by atoms with Crippen LogP contribution in [0.25, 0.3) is 5.69 Å². The summed E-state index contributed by atoms with van der Waals surface area (Å²) in [6.45, 7) is 1.93. The highest BCUT2D eigenvalue weighted by atomic mass is 79.9. The lowest BCUT2D eigenvalue weighted by molar-refractivity contribution is -0.121. The number of carbonyl (C=O) groups excluding carboxylic acids is 1. The van der Waals surface area contributed by atoms with E-state index < -0.39 is 0 Å². The molecular formula is C14H15BrClN3OS. The molecule has 1 atom stereocenters. The lowest BCUT2D eigenvalue weighted by atomic mass is 10.0. The zero-order valence-electron chi connectivity index (χ0n) is 11.7. The normalized spacial score (nSPS) is 12.4. The van der Waals surface area contributed by atoms with Crippen molar-refractivity contribution in [2.45, 2.75) is 13.3 Å². The second-order valence-electron chi connectivity index (χ2n) is 4.73. The largest absolute Gasteiger partial charge is 0.299 e. The van der Waals surface area contributed by atoms with Gasteiger partial charge in [0.2, 0.25) is 0 Å². The SMILES string of the molecule is CSCC(C)C(=O)Cc1nn(-c2cncc(Br)c2)cc1Cl. The predicted octanol–water partition coefficient (Wildman–Crippen LogP) is 3.79. The van der Waals surface area contributed by atoms with Gasteiger partial charge in [0.25, 0.3) is 0 Å². The maximum absolute atomic E-state index is 12.1. The van der Waals surface area contributed by atoms with Crippen molar-refractivity contribution in [3.05, 3.63) is 39.8 Å². The minimum Gasteiger partial charge on any atom is -0.299 e. The number of carbonyl (C=O) groups is 1. The lowest BCUT2D eigenvalue weighted by Gasteiger charge is -2.07. The first kappa shape index (κ1) is 16.5. The fourth-order valence-corrected chi connectivity index (χ4v) is 3.08. The van der Waals surface area contributed by atoms with E-state index in [1.807, 2.05) is 19.2 Å².